The Bertz CT molecular complexity index is 973. The summed E-state index contributed by atoms with van der Waals surface area (Å²) in [5, 5.41) is 6.20. The zero-order valence-corrected chi connectivity index (χ0v) is 18.7. The maximum absolute atomic E-state index is 12.2. The molecule has 0 spiro atoms. The number of amides is 1. The highest BCUT2D eigenvalue weighted by atomic mass is 79.9. The molecule has 6 heteroatoms. The van der Waals surface area contributed by atoms with E-state index in [1.807, 2.05) is 80.6 Å². The first-order chi connectivity index (χ1) is 14.5. The second-order valence-electron chi connectivity index (χ2n) is 6.78. The number of carbonyl (C=O) groups is 1. The van der Waals surface area contributed by atoms with Crippen LogP contribution in [0.15, 0.2) is 71.2 Å². The molecule has 3 aromatic rings. The van der Waals surface area contributed by atoms with E-state index in [0.29, 0.717) is 24.7 Å². The molecule has 0 aliphatic heterocycles. The van der Waals surface area contributed by atoms with Crippen molar-refractivity contribution in [3.63, 3.8) is 0 Å². The van der Waals surface area contributed by atoms with E-state index in [1.54, 1.807) is 0 Å². The topological polar surface area (TPSA) is 59.6 Å². The standard InChI is InChI=1S/C24H25BrN2O3/c1-3-29-23-14-18(15-26-20-11-7-19(25)8-12-20)6-13-22(23)30-16-24(28)27-21-9-4-17(2)5-10-21/h4-14,26H,3,15-16H2,1-2H3,(H,27,28). The molecule has 3 rings (SSSR count). The van der Waals surface area contributed by atoms with E-state index in [0.717, 1.165) is 27.0 Å². The van der Waals surface area contributed by atoms with Gasteiger partial charge in [-0.25, -0.2) is 0 Å². The van der Waals surface area contributed by atoms with Gasteiger partial charge in [-0.1, -0.05) is 39.7 Å². The minimum absolute atomic E-state index is 0.0928. The van der Waals surface area contributed by atoms with Gasteiger partial charge in [-0.05, 0) is 67.9 Å². The third-order valence-electron chi connectivity index (χ3n) is 4.34. The fourth-order valence-electron chi connectivity index (χ4n) is 2.80. The van der Waals surface area contributed by atoms with Gasteiger partial charge < -0.3 is 20.1 Å². The minimum Gasteiger partial charge on any atom is -0.490 e. The third-order valence-corrected chi connectivity index (χ3v) is 4.87. The van der Waals surface area contributed by atoms with Gasteiger partial charge in [0.05, 0.1) is 6.61 Å². The molecule has 2 N–H and O–H groups in total. The zero-order chi connectivity index (χ0) is 21.3. The summed E-state index contributed by atoms with van der Waals surface area (Å²) >= 11 is 3.44. The van der Waals surface area contributed by atoms with Crippen molar-refractivity contribution in [2.75, 3.05) is 23.8 Å². The summed E-state index contributed by atoms with van der Waals surface area (Å²) in [5.41, 5.74) is 3.97. The minimum atomic E-state index is -0.220. The molecule has 5 nitrogen and oxygen atoms in total. The highest BCUT2D eigenvalue weighted by Gasteiger charge is 2.10. The Morgan fingerprint density at radius 1 is 0.900 bits per heavy atom. The first-order valence-electron chi connectivity index (χ1n) is 9.78. The summed E-state index contributed by atoms with van der Waals surface area (Å²) in [7, 11) is 0. The molecule has 0 bridgehead atoms. The van der Waals surface area contributed by atoms with Crippen molar-refractivity contribution in [3.8, 4) is 11.5 Å². The Balaban J connectivity index is 1.59. The van der Waals surface area contributed by atoms with Gasteiger partial charge in [0.25, 0.3) is 5.91 Å². The summed E-state index contributed by atoms with van der Waals surface area (Å²) in [5.74, 6) is 0.946. The van der Waals surface area contributed by atoms with Gasteiger partial charge in [0.1, 0.15) is 0 Å². The number of ether oxygens (including phenoxy) is 2. The SMILES string of the molecule is CCOc1cc(CNc2ccc(Br)cc2)ccc1OCC(=O)Nc1ccc(C)cc1. The van der Waals surface area contributed by atoms with E-state index in [1.165, 1.54) is 0 Å². The molecule has 0 saturated carbocycles. The fraction of sp³-hybridized carbons (Fsp3) is 0.208. The van der Waals surface area contributed by atoms with E-state index >= 15 is 0 Å². The van der Waals surface area contributed by atoms with Gasteiger partial charge in [-0.3, -0.25) is 4.79 Å². The Hall–Kier alpha value is -2.99. The maximum Gasteiger partial charge on any atom is 0.262 e. The molecule has 0 saturated heterocycles. The second-order valence-corrected chi connectivity index (χ2v) is 7.69. The van der Waals surface area contributed by atoms with Crippen LogP contribution in [-0.4, -0.2) is 19.1 Å². The predicted octanol–water partition coefficient (Wildman–Crippen LogP) is 5.79. The van der Waals surface area contributed by atoms with Gasteiger partial charge in [0, 0.05) is 22.4 Å². The Kier molecular flexibility index (Phi) is 7.74. The van der Waals surface area contributed by atoms with Crippen LogP contribution in [0.4, 0.5) is 11.4 Å². The molecule has 0 aromatic heterocycles. The molecule has 0 heterocycles. The van der Waals surface area contributed by atoms with Crippen LogP contribution in [0.2, 0.25) is 0 Å². The first-order valence-corrected chi connectivity index (χ1v) is 10.6. The molecule has 0 aliphatic carbocycles. The molecule has 30 heavy (non-hydrogen) atoms. The quantitative estimate of drug-likeness (QED) is 0.417. The third kappa shape index (κ3) is 6.52. The molecule has 0 atom stereocenters. The lowest BCUT2D eigenvalue weighted by Crippen LogP contribution is -2.20. The molecule has 0 fully saturated rings. The number of carbonyl (C=O) groups excluding carboxylic acids is 1. The average Bonchev–Trinajstić information content (AvgIpc) is 2.74. The largest absolute Gasteiger partial charge is 0.490 e. The van der Waals surface area contributed by atoms with Crippen molar-refractivity contribution < 1.29 is 14.3 Å². The summed E-state index contributed by atoms with van der Waals surface area (Å²) in [4.78, 5) is 12.2. The van der Waals surface area contributed by atoms with E-state index in [4.69, 9.17) is 9.47 Å². The van der Waals surface area contributed by atoms with Crippen LogP contribution in [-0.2, 0) is 11.3 Å². The van der Waals surface area contributed by atoms with Gasteiger partial charge in [-0.15, -0.1) is 0 Å². The Morgan fingerprint density at radius 3 is 2.30 bits per heavy atom. The molecular formula is C24H25BrN2O3. The second kappa shape index (κ2) is 10.7. The van der Waals surface area contributed by atoms with Crippen molar-refractivity contribution in [1.82, 2.24) is 0 Å². The molecule has 0 unspecified atom stereocenters. The normalized spacial score (nSPS) is 10.4. The van der Waals surface area contributed by atoms with E-state index in [2.05, 4.69) is 26.6 Å². The average molecular weight is 469 g/mol. The van der Waals surface area contributed by atoms with Gasteiger partial charge in [0.2, 0.25) is 0 Å². The zero-order valence-electron chi connectivity index (χ0n) is 17.1. The van der Waals surface area contributed by atoms with Crippen LogP contribution in [0.1, 0.15) is 18.1 Å². The van der Waals surface area contributed by atoms with Crippen LogP contribution in [0.25, 0.3) is 0 Å². The number of halogens is 1. The van der Waals surface area contributed by atoms with Gasteiger partial charge in [-0.2, -0.15) is 0 Å². The number of aryl methyl sites for hydroxylation is 1. The molecule has 0 aliphatic rings. The van der Waals surface area contributed by atoms with Crippen molar-refractivity contribution in [2.24, 2.45) is 0 Å². The van der Waals surface area contributed by atoms with Crippen molar-refractivity contribution in [1.29, 1.82) is 0 Å². The van der Waals surface area contributed by atoms with Crippen LogP contribution in [0, 0.1) is 6.92 Å². The summed E-state index contributed by atoms with van der Waals surface area (Å²) in [6, 6.07) is 21.4. The molecule has 156 valence electrons. The lowest BCUT2D eigenvalue weighted by molar-refractivity contribution is -0.118. The van der Waals surface area contributed by atoms with Crippen LogP contribution < -0.4 is 20.1 Å². The Labute approximate surface area is 185 Å². The number of anilines is 2. The van der Waals surface area contributed by atoms with Gasteiger partial charge >= 0.3 is 0 Å². The molecular weight excluding hydrogens is 444 g/mol. The first kappa shape index (κ1) is 21.7. The Morgan fingerprint density at radius 2 is 1.60 bits per heavy atom. The van der Waals surface area contributed by atoms with E-state index in [-0.39, 0.29) is 12.5 Å². The smallest absolute Gasteiger partial charge is 0.262 e. The van der Waals surface area contributed by atoms with E-state index < -0.39 is 0 Å². The number of rotatable bonds is 9. The predicted molar refractivity (Wildman–Crippen MR) is 124 cm³/mol. The monoisotopic (exact) mass is 468 g/mol. The van der Waals surface area contributed by atoms with Gasteiger partial charge in [0.15, 0.2) is 18.1 Å². The number of nitrogens with one attached hydrogen (secondary N) is 2. The van der Waals surface area contributed by atoms with Crippen LogP contribution in [0.5, 0.6) is 11.5 Å². The maximum atomic E-state index is 12.2. The number of benzene rings is 3. The fourth-order valence-corrected chi connectivity index (χ4v) is 3.06. The molecule has 0 radical (unpaired) electrons. The lowest BCUT2D eigenvalue weighted by Gasteiger charge is -2.14. The molecule has 1 amide bonds. The highest BCUT2D eigenvalue weighted by molar-refractivity contribution is 9.10. The van der Waals surface area contributed by atoms with Crippen molar-refractivity contribution in [3.05, 3.63) is 82.3 Å². The van der Waals surface area contributed by atoms with Crippen LogP contribution >= 0.6 is 15.9 Å². The summed E-state index contributed by atoms with van der Waals surface area (Å²) in [6.45, 7) is 4.98. The molecule has 3 aromatic carbocycles. The van der Waals surface area contributed by atoms with Crippen molar-refractivity contribution >= 4 is 33.2 Å². The van der Waals surface area contributed by atoms with Crippen molar-refractivity contribution in [2.45, 2.75) is 20.4 Å². The number of hydrogen-bond acceptors (Lipinski definition) is 4. The summed E-state index contributed by atoms with van der Waals surface area (Å²) < 4.78 is 12.5. The van der Waals surface area contributed by atoms with Crippen LogP contribution in [0.3, 0.4) is 0 Å². The highest BCUT2D eigenvalue weighted by Crippen LogP contribution is 2.29. The lowest BCUT2D eigenvalue weighted by atomic mass is 10.2. The number of hydrogen-bond donors (Lipinski definition) is 2. The van der Waals surface area contributed by atoms with E-state index in [9.17, 15) is 4.79 Å². The summed E-state index contributed by atoms with van der Waals surface area (Å²) in [6.07, 6.45) is 0.